The van der Waals surface area contributed by atoms with E-state index in [1.165, 1.54) is 6.26 Å². The molecule has 4 fully saturated rings. The predicted octanol–water partition coefficient (Wildman–Crippen LogP) is 4.20. The van der Waals surface area contributed by atoms with Crippen molar-refractivity contribution >= 4 is 27.4 Å². The van der Waals surface area contributed by atoms with Crippen LogP contribution in [-0.4, -0.2) is 31.6 Å². The summed E-state index contributed by atoms with van der Waals surface area (Å²) in [4.78, 5) is 13.2. The second kappa shape index (κ2) is 7.24. The fourth-order valence-corrected chi connectivity index (χ4v) is 7.46. The van der Waals surface area contributed by atoms with E-state index in [4.69, 9.17) is 16.3 Å². The van der Waals surface area contributed by atoms with Crippen LogP contribution in [0.4, 0.5) is 0 Å². The minimum Gasteiger partial charge on any atom is -0.480 e. The van der Waals surface area contributed by atoms with Crippen LogP contribution in [0.1, 0.15) is 52.4 Å². The zero-order valence-electron chi connectivity index (χ0n) is 17.3. The first-order valence-corrected chi connectivity index (χ1v) is 12.7. The smallest absolute Gasteiger partial charge is 0.209 e. The van der Waals surface area contributed by atoms with E-state index in [0.717, 1.165) is 32.1 Å². The lowest BCUT2D eigenvalue weighted by Crippen LogP contribution is -2.62. The zero-order chi connectivity index (χ0) is 21.0. The Balaban J connectivity index is 1.45. The Morgan fingerprint density at radius 1 is 1.17 bits per heavy atom. The molecule has 0 saturated heterocycles. The Kier molecular flexibility index (Phi) is 5.28. The molecule has 1 N–H and O–H groups in total. The van der Waals surface area contributed by atoms with Crippen molar-refractivity contribution in [2.24, 2.45) is 23.7 Å². The van der Waals surface area contributed by atoms with Gasteiger partial charge in [0.15, 0.2) is 11.4 Å². The van der Waals surface area contributed by atoms with Crippen LogP contribution in [-0.2, 0) is 14.8 Å². The van der Waals surface area contributed by atoms with E-state index in [0.29, 0.717) is 40.9 Å². The van der Waals surface area contributed by atoms with Crippen LogP contribution >= 0.6 is 11.6 Å². The summed E-state index contributed by atoms with van der Waals surface area (Å²) < 4.78 is 32.8. The minimum absolute atomic E-state index is 0.107. The van der Waals surface area contributed by atoms with Crippen LogP contribution in [0.15, 0.2) is 24.3 Å². The molecule has 5 rings (SSSR count). The molecule has 0 heterocycles. The highest BCUT2D eigenvalue weighted by Crippen LogP contribution is 2.59. The molecule has 160 valence electrons. The van der Waals surface area contributed by atoms with Crippen molar-refractivity contribution in [1.29, 1.82) is 0 Å². The van der Waals surface area contributed by atoms with Crippen molar-refractivity contribution in [3.63, 3.8) is 0 Å². The summed E-state index contributed by atoms with van der Waals surface area (Å²) in [5.74, 6) is 2.45. The molecule has 4 saturated carbocycles. The van der Waals surface area contributed by atoms with Gasteiger partial charge in [0.2, 0.25) is 10.0 Å². The van der Waals surface area contributed by atoms with Crippen molar-refractivity contribution < 1.29 is 17.9 Å². The predicted molar refractivity (Wildman–Crippen MR) is 114 cm³/mol. The molecule has 7 heteroatoms. The number of carbonyl (C=O) groups is 1. The fourth-order valence-electron chi connectivity index (χ4n) is 6.30. The lowest BCUT2D eigenvalue weighted by molar-refractivity contribution is -0.137. The highest BCUT2D eigenvalue weighted by Gasteiger charge is 2.56. The summed E-state index contributed by atoms with van der Waals surface area (Å²) >= 11 is 5.93. The first kappa shape index (κ1) is 21.1. The molecule has 4 aliphatic rings. The number of ketones is 1. The van der Waals surface area contributed by atoms with Crippen molar-refractivity contribution in [2.75, 3.05) is 6.26 Å². The van der Waals surface area contributed by atoms with Gasteiger partial charge in [-0.3, -0.25) is 4.79 Å². The van der Waals surface area contributed by atoms with Crippen LogP contribution in [0.25, 0.3) is 0 Å². The van der Waals surface area contributed by atoms with Crippen LogP contribution in [0.2, 0.25) is 5.02 Å². The average molecular weight is 440 g/mol. The zero-order valence-corrected chi connectivity index (χ0v) is 18.9. The van der Waals surface area contributed by atoms with Crippen LogP contribution < -0.4 is 9.46 Å². The summed E-state index contributed by atoms with van der Waals surface area (Å²) in [5.41, 5.74) is -1.20. The molecule has 2 unspecified atom stereocenters. The highest BCUT2D eigenvalue weighted by atomic mass is 35.5. The van der Waals surface area contributed by atoms with E-state index < -0.39 is 15.6 Å². The van der Waals surface area contributed by atoms with Gasteiger partial charge in [0.25, 0.3) is 0 Å². The highest BCUT2D eigenvalue weighted by molar-refractivity contribution is 7.88. The van der Waals surface area contributed by atoms with Gasteiger partial charge in [0, 0.05) is 17.0 Å². The maximum absolute atomic E-state index is 13.2. The van der Waals surface area contributed by atoms with E-state index in [1.54, 1.807) is 24.3 Å². The fraction of sp³-hybridized carbons (Fsp3) is 0.682. The third-order valence-electron chi connectivity index (χ3n) is 7.15. The summed E-state index contributed by atoms with van der Waals surface area (Å²) in [6.07, 6.45) is 6.62. The molecule has 2 atom stereocenters. The quantitative estimate of drug-likeness (QED) is 0.691. The molecular formula is C22H30ClNO4S. The van der Waals surface area contributed by atoms with Gasteiger partial charge < -0.3 is 4.74 Å². The Hall–Kier alpha value is -1.11. The summed E-state index contributed by atoms with van der Waals surface area (Å²) in [6.45, 7) is 3.65. The number of hydrogen-bond acceptors (Lipinski definition) is 4. The molecule has 1 aromatic rings. The monoisotopic (exact) mass is 439 g/mol. The van der Waals surface area contributed by atoms with Crippen LogP contribution in [0, 0.1) is 23.7 Å². The second-order valence-corrected chi connectivity index (χ2v) is 12.2. The van der Waals surface area contributed by atoms with Gasteiger partial charge in [-0.2, -0.15) is 0 Å². The van der Waals surface area contributed by atoms with E-state index in [-0.39, 0.29) is 11.3 Å². The lowest BCUT2D eigenvalue weighted by Gasteiger charge is -2.60. The van der Waals surface area contributed by atoms with Crippen molar-refractivity contribution in [3.8, 4) is 5.75 Å². The number of halogens is 1. The molecule has 4 bridgehead atoms. The summed E-state index contributed by atoms with van der Waals surface area (Å²) in [6, 6.07) is 7.06. The molecule has 0 spiro atoms. The number of Topliss-reactive ketones (excluding diaryl/α,β-unsaturated/α-hetero) is 1. The van der Waals surface area contributed by atoms with Gasteiger partial charge in [-0.1, -0.05) is 11.6 Å². The Morgan fingerprint density at radius 2 is 1.76 bits per heavy atom. The Morgan fingerprint density at radius 3 is 2.31 bits per heavy atom. The SMILES string of the molecule is CC(C)(Oc1ccc(Cl)cc1)C(=O)CC1C2CC3CC1CC(NS(C)(=O)=O)(C3)C2. The average Bonchev–Trinajstić information content (AvgIpc) is 2.57. The molecule has 0 aliphatic heterocycles. The number of benzene rings is 1. The molecular weight excluding hydrogens is 410 g/mol. The molecule has 0 radical (unpaired) electrons. The molecule has 4 aliphatic carbocycles. The van der Waals surface area contributed by atoms with E-state index in [2.05, 4.69) is 4.72 Å². The maximum atomic E-state index is 13.2. The van der Waals surface area contributed by atoms with E-state index in [1.807, 2.05) is 13.8 Å². The van der Waals surface area contributed by atoms with Crippen LogP contribution in [0.3, 0.4) is 0 Å². The van der Waals surface area contributed by atoms with Gasteiger partial charge in [-0.05, 0) is 93.9 Å². The third kappa shape index (κ3) is 4.49. The number of carbonyl (C=O) groups excluding carboxylic acids is 1. The Labute approximate surface area is 178 Å². The third-order valence-corrected chi connectivity index (χ3v) is 8.21. The molecule has 0 aromatic heterocycles. The normalized spacial score (nSPS) is 33.7. The van der Waals surface area contributed by atoms with Gasteiger partial charge >= 0.3 is 0 Å². The van der Waals surface area contributed by atoms with Gasteiger partial charge in [0.05, 0.1) is 6.26 Å². The maximum Gasteiger partial charge on any atom is 0.209 e. The molecule has 1 aromatic carbocycles. The van der Waals surface area contributed by atoms with Gasteiger partial charge in [-0.15, -0.1) is 0 Å². The topological polar surface area (TPSA) is 72.5 Å². The molecule has 0 amide bonds. The number of sulfonamides is 1. The standard InChI is InChI=1S/C22H30ClNO4S/c1-21(2,28-18-6-4-17(23)5-7-18)20(25)10-19-15-8-14-9-16(19)13-22(11-14,12-15)24-29(3,26)27/h4-7,14-16,19,24H,8-13H2,1-3H3. The first-order chi connectivity index (χ1) is 13.4. The Bertz CT molecular complexity index is 880. The number of nitrogens with one attached hydrogen (secondary N) is 1. The first-order valence-electron chi connectivity index (χ1n) is 10.4. The second-order valence-electron chi connectivity index (χ2n) is 9.98. The van der Waals surface area contributed by atoms with Crippen molar-refractivity contribution in [3.05, 3.63) is 29.3 Å². The lowest BCUT2D eigenvalue weighted by atomic mass is 9.48. The van der Waals surface area contributed by atoms with E-state index in [9.17, 15) is 13.2 Å². The number of rotatable bonds is 7. The summed E-state index contributed by atoms with van der Waals surface area (Å²) in [7, 11) is -3.23. The largest absolute Gasteiger partial charge is 0.480 e. The van der Waals surface area contributed by atoms with Gasteiger partial charge in [0.1, 0.15) is 5.75 Å². The van der Waals surface area contributed by atoms with Crippen LogP contribution in [0.5, 0.6) is 5.75 Å². The minimum atomic E-state index is -3.23. The van der Waals surface area contributed by atoms with Gasteiger partial charge in [-0.25, -0.2) is 13.1 Å². The molecule has 29 heavy (non-hydrogen) atoms. The summed E-state index contributed by atoms with van der Waals surface area (Å²) in [5, 5.41) is 0.631. The molecule has 5 nitrogen and oxygen atoms in total. The van der Waals surface area contributed by atoms with Crippen molar-refractivity contribution in [2.45, 2.75) is 63.5 Å². The number of hydrogen-bond donors (Lipinski definition) is 1. The van der Waals surface area contributed by atoms with Crippen molar-refractivity contribution in [1.82, 2.24) is 4.72 Å². The number of ether oxygens (including phenoxy) is 1. The van der Waals surface area contributed by atoms with E-state index >= 15 is 0 Å².